The summed E-state index contributed by atoms with van der Waals surface area (Å²) >= 11 is 0. The molecule has 3 heterocycles. The highest BCUT2D eigenvalue weighted by Gasteiger charge is 2.52. The molecule has 0 N–H and O–H groups in total. The van der Waals surface area contributed by atoms with E-state index >= 15 is 0 Å². The maximum Gasteiger partial charge on any atom is 0.496 e. The second-order valence-electron chi connectivity index (χ2n) is 8.20. The third kappa shape index (κ3) is 2.71. The van der Waals surface area contributed by atoms with Gasteiger partial charge in [-0.15, -0.1) is 0 Å². The molecule has 2 aromatic rings. The molecule has 0 spiro atoms. The number of rotatable bonds is 3. The minimum atomic E-state index is -0.443. The van der Waals surface area contributed by atoms with Gasteiger partial charge in [-0.2, -0.15) is 5.10 Å². The fraction of sp³-hybridized carbons (Fsp3) is 0.550. The standard InChI is InChI=1S/C20H27BN2O3/c1-6-14-10-11-16-15(13-22-23(16)17-9-7-8-12-24-17)18(14)21-25-19(2,3)20(4,5)26-21/h6,10-11,13,17H,1,7-9,12H2,2-5H3. The van der Waals surface area contributed by atoms with Gasteiger partial charge in [0.2, 0.25) is 0 Å². The van der Waals surface area contributed by atoms with Crippen molar-refractivity contribution in [1.29, 1.82) is 0 Å². The molecule has 4 rings (SSSR count). The molecule has 0 aliphatic carbocycles. The summed E-state index contributed by atoms with van der Waals surface area (Å²) in [4.78, 5) is 0. The average Bonchev–Trinajstić information content (AvgIpc) is 3.12. The molecule has 1 unspecified atom stereocenters. The molecule has 2 aliphatic heterocycles. The summed E-state index contributed by atoms with van der Waals surface area (Å²) in [7, 11) is -0.443. The zero-order valence-corrected chi connectivity index (χ0v) is 16.1. The van der Waals surface area contributed by atoms with Gasteiger partial charge >= 0.3 is 7.12 Å². The summed E-state index contributed by atoms with van der Waals surface area (Å²) in [5.74, 6) is 0. The van der Waals surface area contributed by atoms with Crippen LogP contribution in [0.5, 0.6) is 0 Å². The monoisotopic (exact) mass is 354 g/mol. The summed E-state index contributed by atoms with van der Waals surface area (Å²) < 4.78 is 20.6. The number of aromatic nitrogens is 2. The van der Waals surface area contributed by atoms with Crippen LogP contribution in [-0.2, 0) is 14.0 Å². The average molecular weight is 354 g/mol. The molecule has 0 saturated carbocycles. The van der Waals surface area contributed by atoms with Crippen molar-refractivity contribution in [1.82, 2.24) is 9.78 Å². The molecule has 138 valence electrons. The number of fused-ring (bicyclic) bond motifs is 1. The van der Waals surface area contributed by atoms with Crippen LogP contribution in [-0.4, -0.2) is 34.7 Å². The first-order valence-electron chi connectivity index (χ1n) is 9.44. The quantitative estimate of drug-likeness (QED) is 0.789. The molecule has 2 fully saturated rings. The molecule has 1 aromatic carbocycles. The second kappa shape index (κ2) is 6.22. The molecule has 0 radical (unpaired) electrons. The van der Waals surface area contributed by atoms with Crippen molar-refractivity contribution in [3.8, 4) is 0 Å². The fourth-order valence-corrected chi connectivity index (χ4v) is 3.71. The number of benzene rings is 1. The topological polar surface area (TPSA) is 45.5 Å². The molecule has 6 heteroatoms. The lowest BCUT2D eigenvalue weighted by atomic mass is 9.74. The Morgan fingerprint density at radius 1 is 1.19 bits per heavy atom. The van der Waals surface area contributed by atoms with E-state index in [4.69, 9.17) is 14.0 Å². The Kier molecular flexibility index (Phi) is 4.25. The van der Waals surface area contributed by atoms with Crippen LogP contribution < -0.4 is 5.46 Å². The normalized spacial score (nSPS) is 24.9. The van der Waals surface area contributed by atoms with Crippen LogP contribution in [0.15, 0.2) is 24.9 Å². The largest absolute Gasteiger partial charge is 0.496 e. The maximum absolute atomic E-state index is 6.32. The van der Waals surface area contributed by atoms with E-state index in [9.17, 15) is 0 Å². The first-order chi connectivity index (χ1) is 12.3. The highest BCUT2D eigenvalue weighted by Crippen LogP contribution is 2.37. The lowest BCUT2D eigenvalue weighted by Crippen LogP contribution is -2.41. The van der Waals surface area contributed by atoms with E-state index in [1.165, 1.54) is 6.42 Å². The SMILES string of the molecule is C=Cc1ccc2c(cnn2C2CCCCO2)c1B1OC(C)(C)C(C)(C)O1. The summed E-state index contributed by atoms with van der Waals surface area (Å²) in [5, 5.41) is 5.68. The number of ether oxygens (including phenoxy) is 1. The molecule has 26 heavy (non-hydrogen) atoms. The van der Waals surface area contributed by atoms with Crippen LogP contribution in [0.2, 0.25) is 0 Å². The highest BCUT2D eigenvalue weighted by molar-refractivity contribution is 6.66. The van der Waals surface area contributed by atoms with E-state index in [0.717, 1.165) is 41.4 Å². The van der Waals surface area contributed by atoms with Gasteiger partial charge in [0.25, 0.3) is 0 Å². The van der Waals surface area contributed by atoms with Crippen molar-refractivity contribution < 1.29 is 14.0 Å². The lowest BCUT2D eigenvalue weighted by Gasteiger charge is -2.32. The maximum atomic E-state index is 6.32. The van der Waals surface area contributed by atoms with Gasteiger partial charge in [0.15, 0.2) is 6.23 Å². The molecule has 1 aromatic heterocycles. The second-order valence-corrected chi connectivity index (χ2v) is 8.20. The Labute approximate surface area is 155 Å². The van der Waals surface area contributed by atoms with Crippen molar-refractivity contribution in [2.24, 2.45) is 0 Å². The minimum absolute atomic E-state index is 0.00183. The van der Waals surface area contributed by atoms with Crippen LogP contribution in [0.4, 0.5) is 0 Å². The van der Waals surface area contributed by atoms with E-state index < -0.39 is 7.12 Å². The van der Waals surface area contributed by atoms with Crippen molar-refractivity contribution in [2.45, 2.75) is 64.4 Å². The predicted molar refractivity (Wildman–Crippen MR) is 104 cm³/mol. The van der Waals surface area contributed by atoms with Gasteiger partial charge in [-0.1, -0.05) is 18.7 Å². The van der Waals surface area contributed by atoms with E-state index in [1.807, 2.05) is 17.0 Å². The van der Waals surface area contributed by atoms with E-state index in [0.29, 0.717) is 0 Å². The van der Waals surface area contributed by atoms with Crippen molar-refractivity contribution >= 4 is 29.6 Å². The Hall–Kier alpha value is -1.63. The zero-order valence-electron chi connectivity index (χ0n) is 16.1. The Morgan fingerprint density at radius 2 is 1.92 bits per heavy atom. The van der Waals surface area contributed by atoms with Gasteiger partial charge in [-0.3, -0.25) is 0 Å². The molecule has 0 amide bonds. The van der Waals surface area contributed by atoms with E-state index in [1.54, 1.807) is 0 Å². The predicted octanol–water partition coefficient (Wildman–Crippen LogP) is 3.68. The first kappa shape index (κ1) is 17.8. The highest BCUT2D eigenvalue weighted by atomic mass is 16.7. The molecule has 0 bridgehead atoms. The molecule has 2 aliphatic rings. The fourth-order valence-electron chi connectivity index (χ4n) is 3.71. The van der Waals surface area contributed by atoms with Crippen LogP contribution >= 0.6 is 0 Å². The number of hydrogen-bond donors (Lipinski definition) is 0. The molecule has 5 nitrogen and oxygen atoms in total. The molecule has 1 atom stereocenters. The Balaban J connectivity index is 1.81. The van der Waals surface area contributed by atoms with Crippen molar-refractivity contribution in [2.75, 3.05) is 6.61 Å². The lowest BCUT2D eigenvalue weighted by molar-refractivity contribution is -0.0366. The van der Waals surface area contributed by atoms with Gasteiger partial charge in [-0.05, 0) is 58.6 Å². The zero-order chi connectivity index (χ0) is 18.5. The Morgan fingerprint density at radius 3 is 2.54 bits per heavy atom. The van der Waals surface area contributed by atoms with Gasteiger partial charge in [0, 0.05) is 17.5 Å². The molecular weight excluding hydrogens is 327 g/mol. The van der Waals surface area contributed by atoms with E-state index in [-0.39, 0.29) is 17.4 Å². The van der Waals surface area contributed by atoms with Crippen molar-refractivity contribution in [3.63, 3.8) is 0 Å². The van der Waals surface area contributed by atoms with E-state index in [2.05, 4.69) is 51.5 Å². The summed E-state index contributed by atoms with van der Waals surface area (Å²) in [6, 6.07) is 4.16. The van der Waals surface area contributed by atoms with Gasteiger partial charge in [0.1, 0.15) is 0 Å². The number of nitrogens with zero attached hydrogens (tertiary/aromatic N) is 2. The smallest absolute Gasteiger partial charge is 0.399 e. The van der Waals surface area contributed by atoms with Gasteiger partial charge < -0.3 is 14.0 Å². The summed E-state index contributed by atoms with van der Waals surface area (Å²) in [6.07, 6.45) is 7.04. The van der Waals surface area contributed by atoms with Crippen molar-refractivity contribution in [3.05, 3.63) is 30.5 Å². The van der Waals surface area contributed by atoms with Crippen LogP contribution in [0, 0.1) is 0 Å². The van der Waals surface area contributed by atoms with Crippen LogP contribution in [0.1, 0.15) is 58.7 Å². The Bertz CT molecular complexity index is 821. The minimum Gasteiger partial charge on any atom is -0.399 e. The third-order valence-electron chi connectivity index (χ3n) is 5.99. The van der Waals surface area contributed by atoms with Crippen LogP contribution in [0.25, 0.3) is 17.0 Å². The summed E-state index contributed by atoms with van der Waals surface area (Å²) in [6.45, 7) is 13.0. The summed E-state index contributed by atoms with van der Waals surface area (Å²) in [5.41, 5.74) is 2.28. The number of hydrogen-bond acceptors (Lipinski definition) is 4. The molecular formula is C20H27BN2O3. The van der Waals surface area contributed by atoms with Gasteiger partial charge in [-0.25, -0.2) is 4.68 Å². The van der Waals surface area contributed by atoms with Crippen LogP contribution in [0.3, 0.4) is 0 Å². The first-order valence-corrected chi connectivity index (χ1v) is 9.44. The third-order valence-corrected chi connectivity index (χ3v) is 5.99. The van der Waals surface area contributed by atoms with Gasteiger partial charge in [0.05, 0.1) is 22.9 Å². The molecule has 2 saturated heterocycles.